The van der Waals surface area contributed by atoms with E-state index >= 15 is 0 Å². The van der Waals surface area contributed by atoms with Gasteiger partial charge in [-0.3, -0.25) is 4.79 Å². The van der Waals surface area contributed by atoms with E-state index in [-0.39, 0.29) is 11.7 Å². The van der Waals surface area contributed by atoms with Gasteiger partial charge in [0.1, 0.15) is 5.75 Å². The van der Waals surface area contributed by atoms with Crippen LogP contribution in [0.1, 0.15) is 11.1 Å². The number of carbonyl (C=O) groups excluding carboxylic acids is 1. The van der Waals surface area contributed by atoms with E-state index in [1.807, 2.05) is 60.7 Å². The second-order valence-electron chi connectivity index (χ2n) is 6.47. The Bertz CT molecular complexity index is 1090. The van der Waals surface area contributed by atoms with Crippen LogP contribution in [0.3, 0.4) is 0 Å². The highest BCUT2D eigenvalue weighted by Crippen LogP contribution is 2.39. The number of nitrogens with one attached hydrogen (secondary N) is 2. The SMILES string of the molecule is O=C(O)Oc1ccc2c(c1)C(=C(CNc1ccccc1)c1ccccc1)C(=O)N2. The van der Waals surface area contributed by atoms with Crippen molar-refractivity contribution in [1.82, 2.24) is 0 Å². The third-order valence-corrected chi connectivity index (χ3v) is 4.61. The van der Waals surface area contributed by atoms with E-state index < -0.39 is 6.16 Å². The molecule has 6 heteroatoms. The van der Waals surface area contributed by atoms with Crippen molar-refractivity contribution >= 4 is 34.6 Å². The predicted octanol–water partition coefficient (Wildman–Crippen LogP) is 4.72. The maximum atomic E-state index is 12.8. The smallest absolute Gasteiger partial charge is 0.449 e. The molecule has 0 fully saturated rings. The molecule has 1 amide bonds. The van der Waals surface area contributed by atoms with Crippen molar-refractivity contribution in [3.63, 3.8) is 0 Å². The van der Waals surface area contributed by atoms with Crippen LogP contribution in [0.5, 0.6) is 5.75 Å². The number of benzene rings is 3. The average molecular weight is 386 g/mol. The molecule has 3 aromatic carbocycles. The summed E-state index contributed by atoms with van der Waals surface area (Å²) in [5.74, 6) is -0.0742. The third kappa shape index (κ3) is 3.96. The van der Waals surface area contributed by atoms with Gasteiger partial charge in [-0.25, -0.2) is 4.79 Å². The van der Waals surface area contributed by atoms with Crippen molar-refractivity contribution < 1.29 is 19.4 Å². The second-order valence-corrected chi connectivity index (χ2v) is 6.47. The molecule has 29 heavy (non-hydrogen) atoms. The van der Waals surface area contributed by atoms with E-state index in [1.165, 1.54) is 6.07 Å². The summed E-state index contributed by atoms with van der Waals surface area (Å²) in [4.78, 5) is 23.7. The molecule has 0 spiro atoms. The van der Waals surface area contributed by atoms with Gasteiger partial charge in [0, 0.05) is 23.5 Å². The lowest BCUT2D eigenvalue weighted by atomic mass is 9.95. The number of anilines is 2. The van der Waals surface area contributed by atoms with Gasteiger partial charge in [-0.1, -0.05) is 48.5 Å². The number of amides is 1. The van der Waals surface area contributed by atoms with Crippen molar-refractivity contribution in [2.24, 2.45) is 0 Å². The zero-order chi connectivity index (χ0) is 20.2. The fourth-order valence-electron chi connectivity index (χ4n) is 3.33. The summed E-state index contributed by atoms with van der Waals surface area (Å²) in [5.41, 5.74) is 4.36. The van der Waals surface area contributed by atoms with E-state index in [1.54, 1.807) is 12.1 Å². The first-order chi connectivity index (χ1) is 14.1. The molecule has 0 bridgehead atoms. The highest BCUT2D eigenvalue weighted by atomic mass is 16.7. The van der Waals surface area contributed by atoms with Crippen molar-refractivity contribution in [2.75, 3.05) is 17.2 Å². The topological polar surface area (TPSA) is 87.7 Å². The Hall–Kier alpha value is -4.06. The van der Waals surface area contributed by atoms with Crippen LogP contribution in [0.15, 0.2) is 78.9 Å². The molecular weight excluding hydrogens is 368 g/mol. The third-order valence-electron chi connectivity index (χ3n) is 4.61. The largest absolute Gasteiger partial charge is 0.511 e. The van der Waals surface area contributed by atoms with Gasteiger partial charge in [-0.15, -0.1) is 0 Å². The monoisotopic (exact) mass is 386 g/mol. The fraction of sp³-hybridized carbons (Fsp3) is 0.0435. The molecule has 4 rings (SSSR count). The normalized spacial score (nSPS) is 14.0. The van der Waals surface area contributed by atoms with Crippen LogP contribution in [0.25, 0.3) is 11.1 Å². The van der Waals surface area contributed by atoms with Crippen LogP contribution >= 0.6 is 0 Å². The number of para-hydroxylation sites is 1. The van der Waals surface area contributed by atoms with Gasteiger partial charge >= 0.3 is 6.16 Å². The van der Waals surface area contributed by atoms with Crippen LogP contribution in [0, 0.1) is 0 Å². The second kappa shape index (κ2) is 7.90. The Morgan fingerprint density at radius 3 is 2.34 bits per heavy atom. The molecule has 0 aliphatic carbocycles. The van der Waals surface area contributed by atoms with Crippen molar-refractivity contribution in [3.8, 4) is 5.75 Å². The Labute approximate surface area is 167 Å². The van der Waals surface area contributed by atoms with Gasteiger partial charge < -0.3 is 20.5 Å². The van der Waals surface area contributed by atoms with E-state index in [2.05, 4.69) is 10.6 Å². The molecule has 144 valence electrons. The molecule has 0 saturated carbocycles. The predicted molar refractivity (Wildman–Crippen MR) is 112 cm³/mol. The summed E-state index contributed by atoms with van der Waals surface area (Å²) in [6.07, 6.45) is -1.40. The molecule has 6 nitrogen and oxygen atoms in total. The lowest BCUT2D eigenvalue weighted by Crippen LogP contribution is -2.11. The molecule has 0 atom stereocenters. The fourth-order valence-corrected chi connectivity index (χ4v) is 3.33. The van der Waals surface area contributed by atoms with Gasteiger partial charge in [0.25, 0.3) is 5.91 Å². The average Bonchev–Trinajstić information content (AvgIpc) is 3.05. The van der Waals surface area contributed by atoms with E-state index in [0.29, 0.717) is 23.4 Å². The number of carbonyl (C=O) groups is 2. The zero-order valence-corrected chi connectivity index (χ0v) is 15.4. The van der Waals surface area contributed by atoms with Crippen molar-refractivity contribution in [3.05, 3.63) is 90.0 Å². The minimum atomic E-state index is -1.40. The van der Waals surface area contributed by atoms with E-state index in [0.717, 1.165) is 16.8 Å². The molecule has 3 N–H and O–H groups in total. The van der Waals surface area contributed by atoms with Gasteiger partial charge in [0.2, 0.25) is 0 Å². The lowest BCUT2D eigenvalue weighted by molar-refractivity contribution is -0.110. The first kappa shape index (κ1) is 18.3. The Morgan fingerprint density at radius 2 is 1.66 bits per heavy atom. The molecule has 0 radical (unpaired) electrons. The summed E-state index contributed by atoms with van der Waals surface area (Å²) in [5, 5.41) is 15.1. The summed E-state index contributed by atoms with van der Waals surface area (Å²) >= 11 is 0. The highest BCUT2D eigenvalue weighted by Gasteiger charge is 2.28. The van der Waals surface area contributed by atoms with Crippen LogP contribution < -0.4 is 15.4 Å². The van der Waals surface area contributed by atoms with Gasteiger partial charge in [0.15, 0.2) is 0 Å². The number of hydrogen-bond donors (Lipinski definition) is 3. The number of ether oxygens (including phenoxy) is 1. The molecule has 1 aliphatic rings. The van der Waals surface area contributed by atoms with Crippen LogP contribution in [-0.4, -0.2) is 23.7 Å². The lowest BCUT2D eigenvalue weighted by Gasteiger charge is -2.14. The minimum Gasteiger partial charge on any atom is -0.449 e. The van der Waals surface area contributed by atoms with Crippen LogP contribution in [0.4, 0.5) is 16.2 Å². The Morgan fingerprint density at radius 1 is 0.966 bits per heavy atom. The maximum Gasteiger partial charge on any atom is 0.511 e. The minimum absolute atomic E-state index is 0.161. The van der Waals surface area contributed by atoms with Crippen LogP contribution in [0.2, 0.25) is 0 Å². The number of rotatable bonds is 5. The molecule has 1 aliphatic heterocycles. The summed E-state index contributed by atoms with van der Waals surface area (Å²) < 4.78 is 4.78. The van der Waals surface area contributed by atoms with Crippen molar-refractivity contribution in [2.45, 2.75) is 0 Å². The molecule has 0 saturated heterocycles. The Kier molecular flexibility index (Phi) is 4.99. The van der Waals surface area contributed by atoms with Crippen LogP contribution in [-0.2, 0) is 4.79 Å². The zero-order valence-electron chi connectivity index (χ0n) is 15.4. The molecular formula is C23H18N2O4. The van der Waals surface area contributed by atoms with Gasteiger partial charge in [-0.05, 0) is 41.5 Å². The summed E-state index contributed by atoms with van der Waals surface area (Å²) in [6.45, 7) is 0.417. The quantitative estimate of drug-likeness (QED) is 0.336. The molecule has 1 heterocycles. The summed E-state index contributed by atoms with van der Waals surface area (Å²) in [6, 6.07) is 24.1. The van der Waals surface area contributed by atoms with Crippen molar-refractivity contribution in [1.29, 1.82) is 0 Å². The number of carboxylic acid groups (broad SMARTS) is 1. The molecule has 0 unspecified atom stereocenters. The summed E-state index contributed by atoms with van der Waals surface area (Å²) in [7, 11) is 0. The van der Waals surface area contributed by atoms with E-state index in [9.17, 15) is 9.59 Å². The van der Waals surface area contributed by atoms with Gasteiger partial charge in [-0.2, -0.15) is 0 Å². The number of fused-ring (bicyclic) bond motifs is 1. The molecule has 0 aromatic heterocycles. The first-order valence-corrected chi connectivity index (χ1v) is 9.06. The first-order valence-electron chi connectivity index (χ1n) is 9.06. The highest BCUT2D eigenvalue weighted by molar-refractivity contribution is 6.37. The number of hydrogen-bond acceptors (Lipinski definition) is 4. The molecule has 3 aromatic rings. The van der Waals surface area contributed by atoms with E-state index in [4.69, 9.17) is 9.84 Å². The standard InChI is InChI=1S/C23H18N2O4/c26-22-21(18-13-17(29-23(27)28)11-12-20(18)25-22)19(15-7-3-1-4-8-15)14-24-16-9-5-2-6-10-16/h1-13,24H,14H2,(H,25,26)(H,27,28). The van der Waals surface area contributed by atoms with Gasteiger partial charge in [0.05, 0.1) is 5.57 Å². The Balaban J connectivity index is 1.80. The maximum absolute atomic E-state index is 12.8.